The zero-order valence-electron chi connectivity index (χ0n) is 13.0. The summed E-state index contributed by atoms with van der Waals surface area (Å²) in [5.41, 5.74) is 0.877. The molecule has 7 nitrogen and oxygen atoms in total. The van der Waals surface area contributed by atoms with Crippen molar-refractivity contribution in [2.45, 2.75) is 18.8 Å². The summed E-state index contributed by atoms with van der Waals surface area (Å²) < 4.78 is 5.77. The van der Waals surface area contributed by atoms with Gasteiger partial charge in [0.05, 0.1) is 0 Å². The third-order valence-corrected chi connectivity index (χ3v) is 3.99. The third-order valence-electron chi connectivity index (χ3n) is 3.99. The molecule has 1 fully saturated rings. The minimum Gasteiger partial charge on any atom is -0.478 e. The summed E-state index contributed by atoms with van der Waals surface area (Å²) in [6, 6.07) is 9.56. The fourth-order valence-electron chi connectivity index (χ4n) is 2.69. The normalized spacial score (nSPS) is 15.8. The predicted molar refractivity (Wildman–Crippen MR) is 85.1 cm³/mol. The number of carbonyl (C=O) groups excluding carboxylic acids is 1. The number of aliphatic carboxylic acids is 1. The maximum absolute atomic E-state index is 11.9. The lowest BCUT2D eigenvalue weighted by Crippen LogP contribution is -2.37. The number of nitrogens with zero attached hydrogens (tertiary/aromatic N) is 3. The van der Waals surface area contributed by atoms with Gasteiger partial charge in [0.25, 0.3) is 0 Å². The maximum Gasteiger partial charge on any atom is 0.328 e. The summed E-state index contributed by atoms with van der Waals surface area (Å²) in [4.78, 5) is 23.9. The molecule has 24 heavy (non-hydrogen) atoms. The Kier molecular flexibility index (Phi) is 4.69. The predicted octanol–water partition coefficient (Wildman–Crippen LogP) is 2.08. The van der Waals surface area contributed by atoms with Crippen LogP contribution in [0.2, 0.25) is 0 Å². The number of carboxylic acid groups (broad SMARTS) is 1. The van der Waals surface area contributed by atoms with Crippen LogP contribution in [0.3, 0.4) is 0 Å². The van der Waals surface area contributed by atoms with Gasteiger partial charge in [-0.15, -0.1) is 10.2 Å². The molecule has 1 amide bonds. The van der Waals surface area contributed by atoms with Crippen LogP contribution in [0.15, 0.2) is 46.9 Å². The van der Waals surface area contributed by atoms with E-state index in [1.54, 1.807) is 4.90 Å². The Morgan fingerprint density at radius 1 is 1.12 bits per heavy atom. The lowest BCUT2D eigenvalue weighted by atomic mass is 9.97. The van der Waals surface area contributed by atoms with E-state index >= 15 is 0 Å². The lowest BCUT2D eigenvalue weighted by molar-refractivity contribution is -0.132. The smallest absolute Gasteiger partial charge is 0.328 e. The van der Waals surface area contributed by atoms with Gasteiger partial charge in [0, 0.05) is 36.7 Å². The van der Waals surface area contributed by atoms with Crippen molar-refractivity contribution in [1.82, 2.24) is 15.1 Å². The molecule has 0 aliphatic carbocycles. The summed E-state index contributed by atoms with van der Waals surface area (Å²) in [5, 5.41) is 16.8. The Hall–Kier alpha value is -2.96. The number of hydrogen-bond acceptors (Lipinski definition) is 5. The monoisotopic (exact) mass is 327 g/mol. The molecule has 1 aliphatic heterocycles. The molecule has 1 aliphatic rings. The molecule has 0 atom stereocenters. The van der Waals surface area contributed by atoms with E-state index in [0.717, 1.165) is 17.7 Å². The first-order valence-corrected chi connectivity index (χ1v) is 7.72. The number of amides is 1. The van der Waals surface area contributed by atoms with Crippen molar-refractivity contribution >= 4 is 11.9 Å². The molecular weight excluding hydrogens is 310 g/mol. The minimum absolute atomic E-state index is 0.113. The molecule has 7 heteroatoms. The van der Waals surface area contributed by atoms with Gasteiger partial charge in [0.2, 0.25) is 17.7 Å². The van der Waals surface area contributed by atoms with Crippen LogP contribution in [0.25, 0.3) is 11.5 Å². The zero-order valence-corrected chi connectivity index (χ0v) is 13.0. The summed E-state index contributed by atoms with van der Waals surface area (Å²) >= 11 is 0. The van der Waals surface area contributed by atoms with E-state index in [9.17, 15) is 9.59 Å². The number of carboxylic acids is 1. The van der Waals surface area contributed by atoms with E-state index < -0.39 is 5.97 Å². The van der Waals surface area contributed by atoms with E-state index in [1.807, 2.05) is 30.3 Å². The average molecular weight is 327 g/mol. The second-order valence-electron chi connectivity index (χ2n) is 5.58. The van der Waals surface area contributed by atoms with Crippen LogP contribution in [0.5, 0.6) is 0 Å². The number of benzene rings is 1. The van der Waals surface area contributed by atoms with E-state index in [-0.39, 0.29) is 11.8 Å². The number of carbonyl (C=O) groups is 2. The molecule has 3 rings (SSSR count). The highest BCUT2D eigenvalue weighted by molar-refractivity contribution is 5.93. The van der Waals surface area contributed by atoms with Gasteiger partial charge in [-0.2, -0.15) is 0 Å². The van der Waals surface area contributed by atoms with Crippen molar-refractivity contribution in [1.29, 1.82) is 0 Å². The largest absolute Gasteiger partial charge is 0.478 e. The molecule has 1 saturated heterocycles. The van der Waals surface area contributed by atoms with Gasteiger partial charge in [-0.3, -0.25) is 4.79 Å². The SMILES string of the molecule is O=C(O)C=CC(=O)N1CCC(c2nnc(-c3ccccc3)o2)CC1. The fraction of sp³-hybridized carbons (Fsp3) is 0.294. The number of piperidine rings is 1. The van der Waals surface area contributed by atoms with Crippen molar-refractivity contribution in [2.75, 3.05) is 13.1 Å². The van der Waals surface area contributed by atoms with Crippen molar-refractivity contribution in [3.05, 3.63) is 48.4 Å². The number of hydrogen-bond donors (Lipinski definition) is 1. The summed E-state index contributed by atoms with van der Waals surface area (Å²) in [6.45, 7) is 1.08. The molecule has 1 N–H and O–H groups in total. The highest BCUT2D eigenvalue weighted by Crippen LogP contribution is 2.29. The topological polar surface area (TPSA) is 96.5 Å². The van der Waals surface area contributed by atoms with Gasteiger partial charge in [-0.25, -0.2) is 4.79 Å². The first-order chi connectivity index (χ1) is 11.6. The van der Waals surface area contributed by atoms with Crippen molar-refractivity contribution in [3.8, 4) is 11.5 Å². The summed E-state index contributed by atoms with van der Waals surface area (Å²) in [5.74, 6) is -0.220. The van der Waals surface area contributed by atoms with Crippen LogP contribution in [0, 0.1) is 0 Å². The van der Waals surface area contributed by atoms with E-state index in [0.29, 0.717) is 37.7 Å². The fourth-order valence-corrected chi connectivity index (χ4v) is 2.69. The van der Waals surface area contributed by atoms with Crippen LogP contribution in [-0.4, -0.2) is 45.2 Å². The number of aromatic nitrogens is 2. The molecule has 0 saturated carbocycles. The van der Waals surface area contributed by atoms with Gasteiger partial charge in [-0.05, 0) is 25.0 Å². The number of rotatable bonds is 4. The highest BCUT2D eigenvalue weighted by atomic mass is 16.4. The molecule has 1 aromatic heterocycles. The molecule has 0 unspecified atom stereocenters. The van der Waals surface area contributed by atoms with Crippen LogP contribution < -0.4 is 0 Å². The van der Waals surface area contributed by atoms with E-state index in [2.05, 4.69) is 10.2 Å². The Morgan fingerprint density at radius 2 is 1.83 bits per heavy atom. The van der Waals surface area contributed by atoms with Crippen LogP contribution in [0.1, 0.15) is 24.7 Å². The van der Waals surface area contributed by atoms with Crippen molar-refractivity contribution < 1.29 is 19.1 Å². The Morgan fingerprint density at radius 3 is 2.50 bits per heavy atom. The van der Waals surface area contributed by atoms with Crippen LogP contribution in [-0.2, 0) is 9.59 Å². The molecule has 1 aromatic carbocycles. The van der Waals surface area contributed by atoms with E-state index in [1.165, 1.54) is 0 Å². The van der Waals surface area contributed by atoms with E-state index in [4.69, 9.17) is 9.52 Å². The highest BCUT2D eigenvalue weighted by Gasteiger charge is 2.26. The second-order valence-corrected chi connectivity index (χ2v) is 5.58. The van der Waals surface area contributed by atoms with Crippen LogP contribution in [0.4, 0.5) is 0 Å². The van der Waals surface area contributed by atoms with Gasteiger partial charge in [0.15, 0.2) is 0 Å². The maximum atomic E-state index is 11.9. The summed E-state index contributed by atoms with van der Waals surface area (Å²) in [6.07, 6.45) is 3.37. The number of likely N-dealkylation sites (tertiary alicyclic amines) is 1. The van der Waals surface area contributed by atoms with Crippen molar-refractivity contribution in [3.63, 3.8) is 0 Å². The molecule has 0 radical (unpaired) electrons. The first-order valence-electron chi connectivity index (χ1n) is 7.72. The lowest BCUT2D eigenvalue weighted by Gasteiger charge is -2.29. The Bertz CT molecular complexity index is 746. The molecule has 0 bridgehead atoms. The summed E-state index contributed by atoms with van der Waals surface area (Å²) in [7, 11) is 0. The van der Waals surface area contributed by atoms with Gasteiger partial charge in [0.1, 0.15) is 0 Å². The molecule has 2 aromatic rings. The molecule has 0 spiro atoms. The van der Waals surface area contributed by atoms with Crippen molar-refractivity contribution in [2.24, 2.45) is 0 Å². The third kappa shape index (κ3) is 3.68. The Labute approximate surface area is 138 Å². The molecule has 124 valence electrons. The molecular formula is C17H17N3O4. The quantitative estimate of drug-likeness (QED) is 0.864. The second kappa shape index (κ2) is 7.08. The average Bonchev–Trinajstić information content (AvgIpc) is 3.10. The first kappa shape index (κ1) is 15.9. The standard InChI is InChI=1S/C17H17N3O4/c21-14(6-7-15(22)23)20-10-8-13(9-11-20)17-19-18-16(24-17)12-4-2-1-3-5-12/h1-7,13H,8-11H2,(H,22,23). The van der Waals surface area contributed by atoms with Gasteiger partial charge >= 0.3 is 5.97 Å². The van der Waals surface area contributed by atoms with Gasteiger partial charge < -0.3 is 14.4 Å². The van der Waals surface area contributed by atoms with Gasteiger partial charge in [-0.1, -0.05) is 18.2 Å². The molecule has 2 heterocycles. The zero-order chi connectivity index (χ0) is 16.9. The minimum atomic E-state index is -1.13. The Balaban J connectivity index is 1.60. The van der Waals surface area contributed by atoms with Crippen LogP contribution >= 0.6 is 0 Å².